The van der Waals surface area contributed by atoms with Gasteiger partial charge in [-0.2, -0.15) is 0 Å². The molecule has 0 heterocycles. The smallest absolute Gasteiger partial charge is 0.225 e. The van der Waals surface area contributed by atoms with Gasteiger partial charge in [0.15, 0.2) is 11.6 Å². The van der Waals surface area contributed by atoms with Gasteiger partial charge in [0.05, 0.1) is 6.61 Å². The largest absolute Gasteiger partial charge is 0.491 e. The van der Waals surface area contributed by atoms with Gasteiger partial charge in [-0.15, -0.1) is 0 Å². The molecule has 0 aliphatic heterocycles. The molecule has 106 valence electrons. The van der Waals surface area contributed by atoms with Gasteiger partial charge in [0.1, 0.15) is 0 Å². The van der Waals surface area contributed by atoms with Crippen molar-refractivity contribution < 1.29 is 13.9 Å². The lowest BCUT2D eigenvalue weighted by Crippen LogP contribution is -2.26. The Morgan fingerprint density at radius 1 is 1.47 bits per heavy atom. The van der Waals surface area contributed by atoms with Crippen LogP contribution in [0.25, 0.3) is 0 Å². The van der Waals surface area contributed by atoms with E-state index in [1.54, 1.807) is 13.0 Å². The molecule has 1 rings (SSSR count). The summed E-state index contributed by atoms with van der Waals surface area (Å²) in [6.45, 7) is 4.19. The molecule has 0 fully saturated rings. The van der Waals surface area contributed by atoms with E-state index >= 15 is 0 Å². The average molecular weight is 268 g/mol. The highest BCUT2D eigenvalue weighted by Gasteiger charge is 2.10. The molecule has 3 N–H and O–H groups in total. The molecule has 0 aliphatic carbocycles. The Hall–Kier alpha value is -1.62. The van der Waals surface area contributed by atoms with Crippen LogP contribution in [-0.4, -0.2) is 18.6 Å². The third kappa shape index (κ3) is 5.26. The number of hydrogen-bond donors (Lipinski definition) is 2. The number of halogens is 1. The summed E-state index contributed by atoms with van der Waals surface area (Å²) in [5.74, 6) is -0.509. The van der Waals surface area contributed by atoms with Crippen molar-refractivity contribution in [1.82, 2.24) is 0 Å². The molecular formula is C14H21FN2O2. The zero-order chi connectivity index (χ0) is 14.3. The zero-order valence-corrected chi connectivity index (χ0v) is 11.4. The van der Waals surface area contributed by atoms with Crippen LogP contribution in [0.3, 0.4) is 0 Å². The van der Waals surface area contributed by atoms with Crippen molar-refractivity contribution in [3.05, 3.63) is 24.0 Å². The number of anilines is 1. The van der Waals surface area contributed by atoms with Crippen molar-refractivity contribution in [1.29, 1.82) is 0 Å². The van der Waals surface area contributed by atoms with Gasteiger partial charge in [-0.3, -0.25) is 4.79 Å². The van der Waals surface area contributed by atoms with E-state index in [9.17, 15) is 9.18 Å². The molecule has 0 spiro atoms. The highest BCUT2D eigenvalue weighted by Crippen LogP contribution is 2.21. The fraction of sp³-hybridized carbons (Fsp3) is 0.500. The van der Waals surface area contributed by atoms with Gasteiger partial charge in [-0.1, -0.05) is 13.3 Å². The predicted molar refractivity (Wildman–Crippen MR) is 73.7 cm³/mol. The first-order chi connectivity index (χ1) is 9.06. The summed E-state index contributed by atoms with van der Waals surface area (Å²) in [4.78, 5) is 11.7. The number of carbonyl (C=O) groups is 1. The van der Waals surface area contributed by atoms with Crippen LogP contribution in [0.5, 0.6) is 5.75 Å². The Labute approximate surface area is 113 Å². The Balaban J connectivity index is 2.57. The highest BCUT2D eigenvalue weighted by atomic mass is 19.1. The van der Waals surface area contributed by atoms with Gasteiger partial charge >= 0.3 is 0 Å². The first-order valence-corrected chi connectivity index (χ1v) is 6.54. The van der Waals surface area contributed by atoms with E-state index in [1.807, 2.05) is 6.92 Å². The minimum absolute atomic E-state index is 0.155. The van der Waals surface area contributed by atoms with Gasteiger partial charge in [0, 0.05) is 24.2 Å². The van der Waals surface area contributed by atoms with E-state index in [2.05, 4.69) is 5.32 Å². The number of carbonyl (C=O) groups excluding carboxylic acids is 1. The van der Waals surface area contributed by atoms with Crippen LogP contribution >= 0.6 is 0 Å². The van der Waals surface area contributed by atoms with Crippen LogP contribution in [0.15, 0.2) is 18.2 Å². The lowest BCUT2D eigenvalue weighted by atomic mass is 10.1. The first kappa shape index (κ1) is 15.4. The highest BCUT2D eigenvalue weighted by molar-refractivity contribution is 5.91. The molecule has 1 unspecified atom stereocenters. The molecule has 0 aromatic heterocycles. The van der Waals surface area contributed by atoms with E-state index in [0.29, 0.717) is 12.3 Å². The van der Waals surface area contributed by atoms with E-state index in [-0.39, 0.29) is 24.1 Å². The van der Waals surface area contributed by atoms with Crippen molar-refractivity contribution >= 4 is 11.6 Å². The maximum Gasteiger partial charge on any atom is 0.225 e. The Bertz CT molecular complexity index is 424. The van der Waals surface area contributed by atoms with Crippen LogP contribution in [0, 0.1) is 5.82 Å². The van der Waals surface area contributed by atoms with Crippen molar-refractivity contribution in [3.8, 4) is 5.75 Å². The van der Waals surface area contributed by atoms with Crippen molar-refractivity contribution in [2.24, 2.45) is 5.73 Å². The third-order valence-electron chi connectivity index (χ3n) is 2.62. The maximum absolute atomic E-state index is 13.6. The topological polar surface area (TPSA) is 64.4 Å². The average Bonchev–Trinajstić information content (AvgIpc) is 2.32. The van der Waals surface area contributed by atoms with Crippen LogP contribution < -0.4 is 15.8 Å². The van der Waals surface area contributed by atoms with Gasteiger partial charge in [-0.05, 0) is 25.5 Å². The Morgan fingerprint density at radius 2 is 2.21 bits per heavy atom. The minimum atomic E-state index is -0.488. The first-order valence-electron chi connectivity index (χ1n) is 6.54. The van der Waals surface area contributed by atoms with Crippen molar-refractivity contribution in [3.63, 3.8) is 0 Å². The van der Waals surface area contributed by atoms with Crippen LogP contribution in [-0.2, 0) is 4.79 Å². The molecule has 19 heavy (non-hydrogen) atoms. The van der Waals surface area contributed by atoms with Crippen molar-refractivity contribution in [2.75, 3.05) is 11.9 Å². The second-order valence-corrected chi connectivity index (χ2v) is 4.38. The van der Waals surface area contributed by atoms with Gasteiger partial charge in [0.25, 0.3) is 0 Å². The quantitative estimate of drug-likeness (QED) is 0.799. The molecule has 0 saturated heterocycles. The number of nitrogens with one attached hydrogen (secondary N) is 1. The van der Waals surface area contributed by atoms with Crippen LogP contribution in [0.4, 0.5) is 10.1 Å². The molecule has 0 saturated carbocycles. The molecule has 1 amide bonds. The molecule has 0 aliphatic rings. The monoisotopic (exact) mass is 268 g/mol. The lowest BCUT2D eigenvalue weighted by molar-refractivity contribution is -0.116. The van der Waals surface area contributed by atoms with Gasteiger partial charge in [0.2, 0.25) is 5.91 Å². The van der Waals surface area contributed by atoms with Gasteiger partial charge in [-0.25, -0.2) is 4.39 Å². The number of benzene rings is 1. The Kier molecular flexibility index (Phi) is 6.29. The summed E-state index contributed by atoms with van der Waals surface area (Å²) in [6.07, 6.45) is 1.97. The van der Waals surface area contributed by atoms with E-state index in [1.165, 1.54) is 12.1 Å². The molecule has 1 atom stereocenters. The normalized spacial score (nSPS) is 12.0. The summed E-state index contributed by atoms with van der Waals surface area (Å²) < 4.78 is 18.7. The van der Waals surface area contributed by atoms with Gasteiger partial charge < -0.3 is 15.8 Å². The second-order valence-electron chi connectivity index (χ2n) is 4.38. The summed E-state index contributed by atoms with van der Waals surface area (Å²) in [5.41, 5.74) is 6.19. The maximum atomic E-state index is 13.6. The molecular weight excluding hydrogens is 247 g/mol. The predicted octanol–water partition coefficient (Wildman–Crippen LogP) is 2.68. The second kappa shape index (κ2) is 7.74. The fourth-order valence-electron chi connectivity index (χ4n) is 1.77. The summed E-state index contributed by atoms with van der Waals surface area (Å²) in [5, 5.41) is 2.63. The SMILES string of the molecule is CCCC(N)CC(=O)Nc1ccc(OCC)c(F)c1. The van der Waals surface area contributed by atoms with Crippen LogP contribution in [0.2, 0.25) is 0 Å². The summed E-state index contributed by atoms with van der Waals surface area (Å²) in [7, 11) is 0. The van der Waals surface area contributed by atoms with E-state index in [0.717, 1.165) is 12.8 Å². The number of rotatable bonds is 7. The lowest BCUT2D eigenvalue weighted by Gasteiger charge is -2.11. The molecule has 0 radical (unpaired) electrons. The third-order valence-corrected chi connectivity index (χ3v) is 2.62. The molecule has 1 aromatic carbocycles. The number of hydrogen-bond acceptors (Lipinski definition) is 3. The standard InChI is InChI=1S/C14H21FN2O2/c1-3-5-10(16)8-14(18)17-11-6-7-13(19-4-2)12(15)9-11/h6-7,9-10H,3-5,8,16H2,1-2H3,(H,17,18). The summed E-state index contributed by atoms with van der Waals surface area (Å²) >= 11 is 0. The molecule has 1 aromatic rings. The fourth-order valence-corrected chi connectivity index (χ4v) is 1.77. The molecule has 4 nitrogen and oxygen atoms in total. The van der Waals surface area contributed by atoms with E-state index in [4.69, 9.17) is 10.5 Å². The number of amides is 1. The molecule has 5 heteroatoms. The van der Waals surface area contributed by atoms with Crippen LogP contribution in [0.1, 0.15) is 33.1 Å². The number of ether oxygens (including phenoxy) is 1. The zero-order valence-electron chi connectivity index (χ0n) is 11.4. The minimum Gasteiger partial charge on any atom is -0.491 e. The summed E-state index contributed by atoms with van der Waals surface area (Å²) in [6, 6.07) is 4.20. The molecule has 0 bridgehead atoms. The van der Waals surface area contributed by atoms with E-state index < -0.39 is 5.82 Å². The van der Waals surface area contributed by atoms with Crippen molar-refractivity contribution in [2.45, 2.75) is 39.2 Å². The number of nitrogens with two attached hydrogens (primary N) is 1. The Morgan fingerprint density at radius 3 is 2.79 bits per heavy atom.